The van der Waals surface area contributed by atoms with Gasteiger partial charge in [-0.3, -0.25) is 4.79 Å². The van der Waals surface area contributed by atoms with E-state index in [1.165, 1.54) is 4.57 Å². The van der Waals surface area contributed by atoms with Crippen LogP contribution in [0.5, 0.6) is 11.5 Å². The second kappa shape index (κ2) is 5.55. The van der Waals surface area contributed by atoms with Gasteiger partial charge in [0, 0.05) is 6.20 Å². The number of aromatic carboxylic acids is 1. The second-order valence-electron chi connectivity index (χ2n) is 5.13. The predicted octanol–water partition coefficient (Wildman–Crippen LogP) is 1.69. The van der Waals surface area contributed by atoms with E-state index in [2.05, 4.69) is 0 Å². The summed E-state index contributed by atoms with van der Waals surface area (Å²) < 4.78 is 12.7. The van der Waals surface area contributed by atoms with E-state index in [-0.39, 0.29) is 18.2 Å². The Bertz CT molecular complexity index is 780. The molecule has 1 aromatic heterocycles. The molecule has 0 spiro atoms. The van der Waals surface area contributed by atoms with Gasteiger partial charge in [-0.15, -0.1) is 0 Å². The molecule has 3 rings (SSSR count). The molecule has 114 valence electrons. The molecule has 1 N–H and O–H groups in total. The maximum absolute atomic E-state index is 12.2. The predicted molar refractivity (Wildman–Crippen MR) is 78.8 cm³/mol. The van der Waals surface area contributed by atoms with Crippen molar-refractivity contribution in [3.05, 3.63) is 58.0 Å². The van der Waals surface area contributed by atoms with Crippen LogP contribution in [0.1, 0.15) is 15.9 Å². The molecule has 2 aromatic rings. The van der Waals surface area contributed by atoms with Crippen LogP contribution in [-0.2, 0) is 6.54 Å². The fraction of sp³-hybridized carbons (Fsp3) is 0.250. The van der Waals surface area contributed by atoms with E-state index < -0.39 is 11.5 Å². The molecule has 0 bridgehead atoms. The van der Waals surface area contributed by atoms with Crippen molar-refractivity contribution >= 4 is 5.97 Å². The van der Waals surface area contributed by atoms with Crippen molar-refractivity contribution in [2.24, 2.45) is 0 Å². The monoisotopic (exact) mass is 301 g/mol. The summed E-state index contributed by atoms with van der Waals surface area (Å²) in [7, 11) is 0. The lowest BCUT2D eigenvalue weighted by atomic mass is 10.1. The number of hydrogen-bond acceptors (Lipinski definition) is 4. The number of rotatable bonds is 3. The van der Waals surface area contributed by atoms with Gasteiger partial charge in [0.05, 0.1) is 6.54 Å². The number of carboxylic acid groups (broad SMARTS) is 1. The summed E-state index contributed by atoms with van der Waals surface area (Å²) in [6.07, 6.45) is 1.23. The highest BCUT2D eigenvalue weighted by atomic mass is 16.6. The third-order valence-electron chi connectivity index (χ3n) is 3.56. The molecule has 6 nitrogen and oxygen atoms in total. The standard InChI is InChI=1S/C16H15NO5/c1-10-6-7-17(15(18)14(10)16(19)20)8-11-9-21-12-4-2-3-5-13(12)22-11/h2-7,11H,8-9H2,1H3,(H,19,20). The average Bonchev–Trinajstić information content (AvgIpc) is 2.50. The molecule has 0 saturated carbocycles. The van der Waals surface area contributed by atoms with Crippen LogP contribution in [0.25, 0.3) is 0 Å². The highest BCUT2D eigenvalue weighted by Gasteiger charge is 2.22. The fourth-order valence-corrected chi connectivity index (χ4v) is 2.44. The Morgan fingerprint density at radius 2 is 2.05 bits per heavy atom. The van der Waals surface area contributed by atoms with Crippen molar-refractivity contribution in [1.82, 2.24) is 4.57 Å². The van der Waals surface area contributed by atoms with Gasteiger partial charge < -0.3 is 19.1 Å². The Kier molecular flexibility index (Phi) is 3.58. The number of ether oxygens (including phenoxy) is 2. The summed E-state index contributed by atoms with van der Waals surface area (Å²) in [5.74, 6) is 0.0709. The number of carboxylic acids is 1. The first-order valence-electron chi connectivity index (χ1n) is 6.88. The summed E-state index contributed by atoms with van der Waals surface area (Å²) in [6.45, 7) is 2.14. The van der Waals surface area contributed by atoms with Crippen LogP contribution < -0.4 is 15.0 Å². The zero-order valence-corrected chi connectivity index (χ0v) is 12.0. The number of para-hydroxylation sites is 2. The van der Waals surface area contributed by atoms with Gasteiger partial charge in [0.25, 0.3) is 5.56 Å². The van der Waals surface area contributed by atoms with Crippen molar-refractivity contribution in [3.8, 4) is 11.5 Å². The molecule has 1 unspecified atom stereocenters. The summed E-state index contributed by atoms with van der Waals surface area (Å²) in [4.78, 5) is 23.4. The number of aromatic nitrogens is 1. The van der Waals surface area contributed by atoms with Gasteiger partial charge in [0.2, 0.25) is 0 Å². The van der Waals surface area contributed by atoms with E-state index in [0.717, 1.165) is 0 Å². The first kappa shape index (κ1) is 14.2. The molecular weight excluding hydrogens is 286 g/mol. The molecule has 0 saturated heterocycles. The highest BCUT2D eigenvalue weighted by Crippen LogP contribution is 2.31. The average molecular weight is 301 g/mol. The highest BCUT2D eigenvalue weighted by molar-refractivity contribution is 5.88. The Hall–Kier alpha value is -2.76. The maximum atomic E-state index is 12.2. The van der Waals surface area contributed by atoms with Gasteiger partial charge >= 0.3 is 5.97 Å². The topological polar surface area (TPSA) is 77.8 Å². The van der Waals surface area contributed by atoms with Crippen molar-refractivity contribution in [2.45, 2.75) is 19.6 Å². The molecule has 0 amide bonds. The minimum Gasteiger partial charge on any atom is -0.486 e. The zero-order chi connectivity index (χ0) is 15.7. The van der Waals surface area contributed by atoms with Gasteiger partial charge in [-0.2, -0.15) is 0 Å². The minimum atomic E-state index is -1.22. The number of nitrogens with zero attached hydrogens (tertiary/aromatic N) is 1. The van der Waals surface area contributed by atoms with Crippen LogP contribution in [0.3, 0.4) is 0 Å². The minimum absolute atomic E-state index is 0.209. The molecule has 1 aromatic carbocycles. The Morgan fingerprint density at radius 1 is 1.32 bits per heavy atom. The lowest BCUT2D eigenvalue weighted by molar-refractivity contribution is 0.0686. The maximum Gasteiger partial charge on any atom is 0.341 e. The molecule has 2 heterocycles. The van der Waals surface area contributed by atoms with Gasteiger partial charge in [0.1, 0.15) is 12.2 Å². The van der Waals surface area contributed by atoms with Crippen molar-refractivity contribution in [1.29, 1.82) is 0 Å². The van der Waals surface area contributed by atoms with E-state index in [0.29, 0.717) is 23.7 Å². The van der Waals surface area contributed by atoms with Crippen LogP contribution in [0, 0.1) is 6.92 Å². The normalized spacial score (nSPS) is 16.3. The largest absolute Gasteiger partial charge is 0.486 e. The lowest BCUT2D eigenvalue weighted by Crippen LogP contribution is -2.37. The lowest BCUT2D eigenvalue weighted by Gasteiger charge is -2.27. The molecule has 0 aliphatic carbocycles. The van der Waals surface area contributed by atoms with Gasteiger partial charge in [-0.25, -0.2) is 4.79 Å². The molecule has 22 heavy (non-hydrogen) atoms. The third kappa shape index (κ3) is 2.55. The number of aryl methyl sites for hydroxylation is 1. The quantitative estimate of drug-likeness (QED) is 0.933. The number of pyridine rings is 1. The Morgan fingerprint density at radius 3 is 2.77 bits per heavy atom. The number of hydrogen-bond donors (Lipinski definition) is 1. The summed E-state index contributed by atoms with van der Waals surface area (Å²) in [5, 5.41) is 9.14. The molecule has 6 heteroatoms. The van der Waals surface area contributed by atoms with Crippen molar-refractivity contribution < 1.29 is 19.4 Å². The van der Waals surface area contributed by atoms with Crippen LogP contribution in [-0.4, -0.2) is 28.4 Å². The Balaban J connectivity index is 1.85. The third-order valence-corrected chi connectivity index (χ3v) is 3.56. The van der Waals surface area contributed by atoms with E-state index in [1.54, 1.807) is 25.3 Å². The van der Waals surface area contributed by atoms with E-state index in [4.69, 9.17) is 14.6 Å². The Labute approximate surface area is 126 Å². The summed E-state index contributed by atoms with van der Waals surface area (Å²) >= 11 is 0. The summed E-state index contributed by atoms with van der Waals surface area (Å²) in [6, 6.07) is 8.91. The van der Waals surface area contributed by atoms with Gasteiger partial charge in [-0.05, 0) is 30.7 Å². The molecular formula is C16H15NO5. The molecule has 1 atom stereocenters. The van der Waals surface area contributed by atoms with Crippen LogP contribution in [0.15, 0.2) is 41.3 Å². The van der Waals surface area contributed by atoms with E-state index in [9.17, 15) is 9.59 Å². The van der Waals surface area contributed by atoms with Gasteiger partial charge in [0.15, 0.2) is 17.6 Å². The summed E-state index contributed by atoms with van der Waals surface area (Å²) in [5.41, 5.74) is -0.297. The van der Waals surface area contributed by atoms with Crippen LogP contribution in [0.4, 0.5) is 0 Å². The first-order valence-corrected chi connectivity index (χ1v) is 6.88. The number of carbonyl (C=O) groups is 1. The van der Waals surface area contributed by atoms with Crippen molar-refractivity contribution in [3.63, 3.8) is 0 Å². The van der Waals surface area contributed by atoms with E-state index in [1.807, 2.05) is 18.2 Å². The molecule has 0 fully saturated rings. The number of benzene rings is 1. The van der Waals surface area contributed by atoms with E-state index >= 15 is 0 Å². The SMILES string of the molecule is Cc1ccn(CC2COc3ccccc3O2)c(=O)c1C(=O)O. The smallest absolute Gasteiger partial charge is 0.341 e. The van der Waals surface area contributed by atoms with Gasteiger partial charge in [-0.1, -0.05) is 12.1 Å². The molecule has 1 aliphatic rings. The van der Waals surface area contributed by atoms with Crippen LogP contribution in [0.2, 0.25) is 0 Å². The first-order chi connectivity index (χ1) is 10.6. The zero-order valence-electron chi connectivity index (χ0n) is 12.0. The fourth-order valence-electron chi connectivity index (χ4n) is 2.44. The molecule has 1 aliphatic heterocycles. The van der Waals surface area contributed by atoms with Crippen LogP contribution >= 0.6 is 0 Å². The molecule has 0 radical (unpaired) electrons. The second-order valence-corrected chi connectivity index (χ2v) is 5.13. The number of fused-ring (bicyclic) bond motifs is 1. The van der Waals surface area contributed by atoms with Crippen molar-refractivity contribution in [2.75, 3.05) is 6.61 Å².